The van der Waals surface area contributed by atoms with Gasteiger partial charge < -0.3 is 10.1 Å². The second-order valence-corrected chi connectivity index (χ2v) is 18.7. The summed E-state index contributed by atoms with van der Waals surface area (Å²) in [5.41, 5.74) is 5.34. The Bertz CT molecular complexity index is 2550. The van der Waals surface area contributed by atoms with Crippen molar-refractivity contribution in [1.29, 1.82) is 0 Å². The van der Waals surface area contributed by atoms with Crippen molar-refractivity contribution in [3.63, 3.8) is 0 Å². The number of likely N-dealkylation sites (tertiary alicyclic amines) is 1. The number of fused-ring (bicyclic) bond motifs is 1. The van der Waals surface area contributed by atoms with Gasteiger partial charge in [0.05, 0.1) is 28.5 Å². The molecule has 0 aliphatic carbocycles. The summed E-state index contributed by atoms with van der Waals surface area (Å²) in [4.78, 5) is 26.4. The maximum atomic E-state index is 13.8. The number of rotatable bonds is 16. The molecule has 6 aromatic rings. The second-order valence-electron chi connectivity index (χ2n) is 15.5. The summed E-state index contributed by atoms with van der Waals surface area (Å²) in [5.74, 6) is 1.10. The molecule has 61 heavy (non-hydrogen) atoms. The molecule has 1 aromatic heterocycles. The molecule has 8 rings (SSSR count). The van der Waals surface area contributed by atoms with Crippen molar-refractivity contribution in [2.24, 2.45) is 0 Å². The van der Waals surface area contributed by atoms with Crippen LogP contribution in [0.15, 0.2) is 131 Å². The van der Waals surface area contributed by atoms with Gasteiger partial charge in [0, 0.05) is 59.3 Å². The first-order valence-electron chi connectivity index (χ1n) is 20.5. The van der Waals surface area contributed by atoms with Crippen molar-refractivity contribution >= 4 is 61.5 Å². The fourth-order valence-electron chi connectivity index (χ4n) is 8.08. The number of halogens is 1. The first-order valence-corrected chi connectivity index (χ1v) is 23.4. The molecule has 2 aliphatic heterocycles. The van der Waals surface area contributed by atoms with E-state index in [0.717, 1.165) is 85.6 Å². The van der Waals surface area contributed by atoms with Crippen LogP contribution in [-0.2, 0) is 21.3 Å². The Hall–Kier alpha value is -5.09. The van der Waals surface area contributed by atoms with E-state index >= 15 is 0 Å². The van der Waals surface area contributed by atoms with Gasteiger partial charge in [0.1, 0.15) is 12.0 Å². The van der Waals surface area contributed by atoms with Gasteiger partial charge in [-0.05, 0) is 109 Å². The highest BCUT2D eigenvalue weighted by Crippen LogP contribution is 2.35. The zero-order valence-corrected chi connectivity index (χ0v) is 36.0. The lowest BCUT2D eigenvalue weighted by atomic mass is 9.88. The molecule has 0 saturated carbocycles. The number of nitrogens with one attached hydrogen (secondary N) is 2. The van der Waals surface area contributed by atoms with E-state index in [0.29, 0.717) is 35.8 Å². The fraction of sp³-hybridized carbons (Fsp3) is 0.304. The van der Waals surface area contributed by atoms with Crippen molar-refractivity contribution in [3.8, 4) is 11.1 Å². The highest BCUT2D eigenvalue weighted by Gasteiger charge is 2.26. The third-order valence-electron chi connectivity index (χ3n) is 11.4. The third-order valence-corrected chi connectivity index (χ3v) is 14.2. The molecule has 2 saturated heterocycles. The summed E-state index contributed by atoms with van der Waals surface area (Å²) < 4.78 is 35.8. The van der Waals surface area contributed by atoms with Gasteiger partial charge in [0.2, 0.25) is 0 Å². The lowest BCUT2D eigenvalue weighted by Crippen LogP contribution is -2.39. The molecular weight excluding hydrogens is 830 g/mol. The lowest BCUT2D eigenvalue weighted by Gasteiger charge is -2.32. The van der Waals surface area contributed by atoms with Crippen LogP contribution in [0.1, 0.15) is 36.3 Å². The van der Waals surface area contributed by atoms with Gasteiger partial charge in [-0.25, -0.2) is 18.4 Å². The maximum Gasteiger partial charge on any atom is 0.293 e. The zero-order chi connectivity index (χ0) is 42.2. The molecule has 316 valence electrons. The maximum absolute atomic E-state index is 13.8. The minimum atomic E-state index is -4.27. The van der Waals surface area contributed by atoms with Crippen LogP contribution in [0.4, 0.5) is 17.2 Å². The summed E-state index contributed by atoms with van der Waals surface area (Å²) in [6.07, 6.45) is 4.03. The van der Waals surface area contributed by atoms with Crippen LogP contribution in [0, 0.1) is 10.1 Å². The molecule has 2 aliphatic rings. The van der Waals surface area contributed by atoms with Gasteiger partial charge >= 0.3 is 0 Å². The molecule has 1 atom stereocenters. The number of benzene rings is 5. The Morgan fingerprint density at radius 3 is 2.39 bits per heavy atom. The molecule has 0 unspecified atom stereocenters. The number of hydrogen-bond acceptors (Lipinski definition) is 11. The number of thioether (sulfide) groups is 1. The summed E-state index contributed by atoms with van der Waals surface area (Å²) in [7, 11) is -4.27. The quantitative estimate of drug-likeness (QED) is 0.0546. The highest BCUT2D eigenvalue weighted by molar-refractivity contribution is 7.99. The standard InChI is InChI=1S/C46H48ClN7O5S2/c47-37-13-10-34(11-14-37)41-9-5-4-6-36(41)30-53-21-18-33(19-22-53)35-12-16-42-44(28-35)48-32-49-46(42)51-61(57,58)40-15-17-43(45(29-40)54(55)56)50-38(20-23-52-24-26-59-27-25-52)31-60-39-7-2-1-3-8-39/h1-17,28-29,32-33,38,50H,18-27,30-31H2,(H,48,49,51)/t38-/m1/s1. The summed E-state index contributed by atoms with van der Waals surface area (Å²) in [5, 5.41) is 17.1. The van der Waals surface area contributed by atoms with Crippen molar-refractivity contribution in [1.82, 2.24) is 19.8 Å². The van der Waals surface area contributed by atoms with Crippen molar-refractivity contribution in [2.45, 2.75) is 47.6 Å². The van der Waals surface area contributed by atoms with E-state index in [1.54, 1.807) is 11.8 Å². The van der Waals surface area contributed by atoms with Gasteiger partial charge in [0.25, 0.3) is 15.7 Å². The topological polar surface area (TPSA) is 143 Å². The summed E-state index contributed by atoms with van der Waals surface area (Å²) in [6, 6.07) is 36.2. The first-order chi connectivity index (χ1) is 29.7. The normalized spacial score (nSPS) is 16.0. The molecule has 0 spiro atoms. The Morgan fingerprint density at radius 1 is 0.869 bits per heavy atom. The third kappa shape index (κ3) is 10.9. The number of sulfonamides is 1. The summed E-state index contributed by atoms with van der Waals surface area (Å²) >= 11 is 7.82. The number of anilines is 2. The van der Waals surface area contributed by atoms with Crippen LogP contribution in [0.3, 0.4) is 0 Å². The smallest absolute Gasteiger partial charge is 0.293 e. The van der Waals surface area contributed by atoms with E-state index in [2.05, 4.69) is 66.2 Å². The largest absolute Gasteiger partial charge is 0.379 e. The Kier molecular flexibility index (Phi) is 13.8. The molecule has 5 aromatic carbocycles. The first kappa shape index (κ1) is 42.6. The molecule has 2 N–H and O–H groups in total. The number of ether oxygens (including phenoxy) is 1. The minimum absolute atomic E-state index is 0.108. The Morgan fingerprint density at radius 2 is 1.62 bits per heavy atom. The Labute approximate surface area is 365 Å². The summed E-state index contributed by atoms with van der Waals surface area (Å²) in [6.45, 7) is 6.57. The molecule has 0 bridgehead atoms. The predicted molar refractivity (Wildman–Crippen MR) is 244 cm³/mol. The molecule has 2 fully saturated rings. The molecule has 0 radical (unpaired) electrons. The van der Waals surface area contributed by atoms with E-state index in [9.17, 15) is 18.5 Å². The number of hydrogen-bond donors (Lipinski definition) is 2. The SMILES string of the molecule is O=[N+]([O-])c1cc(S(=O)(=O)Nc2ncnc3cc(C4CCN(Cc5ccccc5-c5ccc(Cl)cc5)CC4)ccc23)ccc1N[C@H](CCN1CCOCC1)CSc1ccccc1. The average molecular weight is 879 g/mol. The highest BCUT2D eigenvalue weighted by atomic mass is 35.5. The van der Waals surface area contributed by atoms with Crippen LogP contribution in [-0.4, -0.2) is 90.8 Å². The number of piperidine rings is 1. The fourth-order valence-corrected chi connectivity index (χ4v) is 10.2. The minimum Gasteiger partial charge on any atom is -0.379 e. The van der Waals surface area contributed by atoms with Crippen molar-refractivity contribution in [2.75, 3.05) is 61.7 Å². The van der Waals surface area contributed by atoms with Crippen LogP contribution in [0.5, 0.6) is 0 Å². The monoisotopic (exact) mass is 877 g/mol. The molecular formula is C46H48ClN7O5S2. The Balaban J connectivity index is 0.934. The number of nitro groups is 1. The van der Waals surface area contributed by atoms with E-state index in [1.807, 2.05) is 60.7 Å². The van der Waals surface area contributed by atoms with E-state index in [4.69, 9.17) is 16.3 Å². The van der Waals surface area contributed by atoms with Crippen LogP contribution < -0.4 is 10.0 Å². The van der Waals surface area contributed by atoms with Crippen LogP contribution in [0.2, 0.25) is 5.02 Å². The van der Waals surface area contributed by atoms with Crippen molar-refractivity contribution < 1.29 is 18.1 Å². The number of nitrogens with zero attached hydrogens (tertiary/aromatic N) is 5. The number of nitro benzene ring substituents is 1. The number of aromatic nitrogens is 2. The second kappa shape index (κ2) is 19.7. The van der Waals surface area contributed by atoms with E-state index in [1.165, 1.54) is 29.6 Å². The zero-order valence-electron chi connectivity index (χ0n) is 33.7. The molecule has 3 heterocycles. The van der Waals surface area contributed by atoms with Gasteiger partial charge in [-0.2, -0.15) is 0 Å². The average Bonchev–Trinajstić information content (AvgIpc) is 3.28. The lowest BCUT2D eigenvalue weighted by molar-refractivity contribution is -0.384. The molecule has 15 heteroatoms. The van der Waals surface area contributed by atoms with Crippen molar-refractivity contribution in [3.05, 3.63) is 148 Å². The molecule has 0 amide bonds. The number of morpholine rings is 1. The van der Waals surface area contributed by atoms with Crippen LogP contribution in [0.25, 0.3) is 22.0 Å². The van der Waals surface area contributed by atoms with Gasteiger partial charge in [0.15, 0.2) is 5.82 Å². The van der Waals surface area contributed by atoms with Crippen LogP contribution >= 0.6 is 23.4 Å². The van der Waals surface area contributed by atoms with E-state index in [-0.39, 0.29) is 28.1 Å². The molecule has 12 nitrogen and oxygen atoms in total. The van der Waals surface area contributed by atoms with Gasteiger partial charge in [-0.3, -0.25) is 24.6 Å². The van der Waals surface area contributed by atoms with Gasteiger partial charge in [-0.1, -0.05) is 72.3 Å². The van der Waals surface area contributed by atoms with Gasteiger partial charge in [-0.15, -0.1) is 11.8 Å². The predicted octanol–water partition coefficient (Wildman–Crippen LogP) is 9.33. The van der Waals surface area contributed by atoms with E-state index < -0.39 is 14.9 Å².